The lowest BCUT2D eigenvalue weighted by Gasteiger charge is -2.28. The second-order valence-electron chi connectivity index (χ2n) is 8.13. The molecule has 0 unspecified atom stereocenters. The minimum atomic E-state index is -4.66. The fraction of sp³-hybridized carbons (Fsp3) is 0.524. The van der Waals surface area contributed by atoms with Crippen LogP contribution in [0.3, 0.4) is 0 Å². The summed E-state index contributed by atoms with van der Waals surface area (Å²) in [6.45, 7) is 9.97. The van der Waals surface area contributed by atoms with Gasteiger partial charge in [0.25, 0.3) is 0 Å². The molecule has 0 atom stereocenters. The van der Waals surface area contributed by atoms with Crippen LogP contribution in [0, 0.1) is 11.2 Å². The zero-order valence-corrected chi connectivity index (χ0v) is 18.8. The summed E-state index contributed by atoms with van der Waals surface area (Å²) in [5, 5.41) is 2.48. The van der Waals surface area contributed by atoms with Crippen LogP contribution in [0.25, 0.3) is 0 Å². The van der Waals surface area contributed by atoms with E-state index in [2.05, 4.69) is 10.3 Å². The third-order valence-corrected chi connectivity index (χ3v) is 4.62. The number of amides is 1. The van der Waals surface area contributed by atoms with Crippen molar-refractivity contribution >= 4 is 28.9 Å². The first-order chi connectivity index (χ1) is 14.3. The van der Waals surface area contributed by atoms with Gasteiger partial charge in [0.2, 0.25) is 5.91 Å². The molecule has 2 heterocycles. The average Bonchev–Trinajstić information content (AvgIpc) is 3.08. The molecule has 0 fully saturated rings. The molecule has 0 radical (unpaired) electrons. The van der Waals surface area contributed by atoms with E-state index in [9.17, 15) is 22.4 Å². The maximum Gasteiger partial charge on any atom is 0.468 e. The van der Waals surface area contributed by atoms with Crippen LogP contribution in [0.1, 0.15) is 58.4 Å². The Morgan fingerprint density at radius 3 is 2.45 bits per heavy atom. The van der Waals surface area contributed by atoms with Crippen LogP contribution in [0.5, 0.6) is 0 Å². The van der Waals surface area contributed by atoms with Crippen LogP contribution in [0.15, 0.2) is 16.5 Å². The van der Waals surface area contributed by atoms with Gasteiger partial charge in [-0.15, -0.1) is 0 Å². The molecule has 0 aliphatic carbocycles. The first kappa shape index (κ1) is 25.0. The third kappa shape index (κ3) is 6.35. The molecule has 1 aromatic heterocycles. The Hall–Kier alpha value is -2.29. The van der Waals surface area contributed by atoms with E-state index >= 15 is 0 Å². The minimum Gasteiger partial charge on any atom is -0.436 e. The topological polar surface area (TPSA) is 58.4 Å². The van der Waals surface area contributed by atoms with Crippen LogP contribution < -0.4 is 10.2 Å². The summed E-state index contributed by atoms with van der Waals surface area (Å²) in [7, 11) is 0. The number of anilines is 2. The van der Waals surface area contributed by atoms with Gasteiger partial charge in [-0.25, -0.2) is 9.37 Å². The number of halogens is 5. The summed E-state index contributed by atoms with van der Waals surface area (Å²) in [6.07, 6.45) is -4.25. The summed E-state index contributed by atoms with van der Waals surface area (Å²) in [5.41, 5.74) is 0.217. The number of nitrogens with one attached hydrogen (secondary N) is 1. The highest BCUT2D eigenvalue weighted by Crippen LogP contribution is 2.36. The first-order valence-electron chi connectivity index (χ1n) is 9.93. The van der Waals surface area contributed by atoms with Crippen molar-refractivity contribution in [3.8, 4) is 0 Å². The Morgan fingerprint density at radius 1 is 1.26 bits per heavy atom. The Bertz CT molecular complexity index is 913. The van der Waals surface area contributed by atoms with Gasteiger partial charge >= 0.3 is 12.1 Å². The summed E-state index contributed by atoms with van der Waals surface area (Å²) < 4.78 is 57.8. The van der Waals surface area contributed by atoms with E-state index in [0.717, 1.165) is 0 Å². The molecule has 3 rings (SSSR count). The summed E-state index contributed by atoms with van der Waals surface area (Å²) in [5.74, 6) is -2.29. The van der Waals surface area contributed by atoms with E-state index in [1.165, 1.54) is 12.1 Å². The van der Waals surface area contributed by atoms with Crippen molar-refractivity contribution in [1.29, 1.82) is 0 Å². The molecule has 0 spiro atoms. The van der Waals surface area contributed by atoms with E-state index in [1.807, 2.05) is 34.6 Å². The molecule has 31 heavy (non-hydrogen) atoms. The molecular weight excluding hydrogens is 438 g/mol. The van der Waals surface area contributed by atoms with Crippen molar-refractivity contribution in [1.82, 2.24) is 4.98 Å². The van der Waals surface area contributed by atoms with Gasteiger partial charge in [-0.1, -0.05) is 46.2 Å². The van der Waals surface area contributed by atoms with Crippen molar-refractivity contribution in [2.24, 2.45) is 5.41 Å². The predicted octanol–water partition coefficient (Wildman–Crippen LogP) is 6.45. The highest BCUT2D eigenvalue weighted by atomic mass is 35.5. The number of rotatable bonds is 3. The Morgan fingerprint density at radius 2 is 1.90 bits per heavy atom. The number of fused-ring (bicyclic) bond motifs is 1. The lowest BCUT2D eigenvalue weighted by Crippen LogP contribution is -2.30. The van der Waals surface area contributed by atoms with Crippen LogP contribution in [-0.2, 0) is 23.9 Å². The number of hydrogen-bond acceptors (Lipinski definition) is 4. The summed E-state index contributed by atoms with van der Waals surface area (Å²) >= 11 is 6.17. The summed E-state index contributed by atoms with van der Waals surface area (Å²) in [4.78, 5) is 17.2. The highest BCUT2D eigenvalue weighted by Gasteiger charge is 2.39. The van der Waals surface area contributed by atoms with Gasteiger partial charge in [0.1, 0.15) is 11.6 Å². The fourth-order valence-electron chi connectivity index (χ4n) is 3.06. The molecule has 10 heteroatoms. The van der Waals surface area contributed by atoms with E-state index in [0.29, 0.717) is 12.2 Å². The molecular formula is C21H26ClF4N3O2. The molecule has 1 aliphatic heterocycles. The number of nitrogens with zero attached hydrogens (tertiary/aromatic N) is 2. The third-order valence-electron chi connectivity index (χ3n) is 4.32. The maximum atomic E-state index is 14.6. The molecule has 5 nitrogen and oxygen atoms in total. The van der Waals surface area contributed by atoms with E-state index in [4.69, 9.17) is 16.0 Å². The zero-order valence-electron chi connectivity index (χ0n) is 18.1. The Labute approximate surface area is 183 Å². The van der Waals surface area contributed by atoms with Gasteiger partial charge in [0.15, 0.2) is 0 Å². The number of alkyl halides is 3. The number of oxazole rings is 1. The molecule has 1 aliphatic rings. The maximum absolute atomic E-state index is 14.6. The average molecular weight is 464 g/mol. The summed E-state index contributed by atoms with van der Waals surface area (Å²) in [6, 6.07) is 2.65. The predicted molar refractivity (Wildman–Crippen MR) is 112 cm³/mol. The fourth-order valence-corrected chi connectivity index (χ4v) is 3.31. The number of carbonyl (C=O) groups excluding carboxylic acids is 1. The van der Waals surface area contributed by atoms with Crippen molar-refractivity contribution in [2.75, 3.05) is 16.8 Å². The van der Waals surface area contributed by atoms with Crippen molar-refractivity contribution < 1.29 is 26.8 Å². The largest absolute Gasteiger partial charge is 0.468 e. The van der Waals surface area contributed by atoms with Crippen molar-refractivity contribution in [2.45, 2.75) is 60.2 Å². The molecule has 1 amide bonds. The lowest BCUT2D eigenvalue weighted by molar-refractivity contribution is -0.157. The Balaban J connectivity index is 0.00000166. The van der Waals surface area contributed by atoms with Gasteiger partial charge in [-0.05, 0) is 17.5 Å². The normalized spacial score (nSPS) is 13.9. The monoisotopic (exact) mass is 463 g/mol. The van der Waals surface area contributed by atoms with Crippen molar-refractivity contribution in [3.63, 3.8) is 0 Å². The second kappa shape index (κ2) is 9.46. The first-order valence-corrected chi connectivity index (χ1v) is 10.3. The van der Waals surface area contributed by atoms with Crippen LogP contribution >= 0.6 is 11.6 Å². The van der Waals surface area contributed by atoms with E-state index in [-0.39, 0.29) is 52.9 Å². The quantitative estimate of drug-likeness (QED) is 0.531. The molecule has 0 saturated carbocycles. The molecule has 1 N–H and O–H groups in total. The van der Waals surface area contributed by atoms with Crippen LogP contribution in [0.4, 0.5) is 28.9 Å². The van der Waals surface area contributed by atoms with Crippen LogP contribution in [-0.4, -0.2) is 17.4 Å². The SMILES string of the molecule is CC.CC(C)(C)CC(=O)Nc1c(F)cc(N2CCc3nc(C(F)(F)F)oc3C2)cc1Cl. The minimum absolute atomic E-state index is 0.00149. The van der Waals surface area contributed by atoms with Gasteiger partial charge in [-0.2, -0.15) is 13.2 Å². The van der Waals surface area contributed by atoms with Gasteiger partial charge in [-0.3, -0.25) is 4.79 Å². The van der Waals surface area contributed by atoms with Gasteiger partial charge in [0, 0.05) is 25.1 Å². The number of carbonyl (C=O) groups is 1. The number of aromatic nitrogens is 1. The van der Waals surface area contributed by atoms with Crippen LogP contribution in [0.2, 0.25) is 5.02 Å². The van der Waals surface area contributed by atoms with E-state index < -0.39 is 17.9 Å². The second-order valence-corrected chi connectivity index (χ2v) is 8.54. The molecule has 0 bridgehead atoms. The number of benzene rings is 1. The smallest absolute Gasteiger partial charge is 0.436 e. The van der Waals surface area contributed by atoms with Crippen molar-refractivity contribution in [3.05, 3.63) is 40.3 Å². The molecule has 0 saturated heterocycles. The lowest BCUT2D eigenvalue weighted by atomic mass is 9.92. The zero-order chi connectivity index (χ0) is 23.6. The molecule has 1 aromatic carbocycles. The van der Waals surface area contributed by atoms with Gasteiger partial charge < -0.3 is 14.6 Å². The highest BCUT2D eigenvalue weighted by molar-refractivity contribution is 6.34. The molecule has 2 aromatic rings. The Kier molecular flexibility index (Phi) is 7.62. The standard InChI is InChI=1S/C19H20ClF4N3O2.C2H6/c1-18(2,3)8-15(28)26-16-11(20)6-10(7-12(16)21)27-5-4-13-14(9-27)29-17(25-13)19(22,23)24;1-2/h6-7H,4-5,8-9H2,1-3H3,(H,26,28);1-2H3. The van der Waals surface area contributed by atoms with Gasteiger partial charge in [0.05, 0.1) is 22.9 Å². The van der Waals surface area contributed by atoms with E-state index in [1.54, 1.807) is 4.90 Å². The molecule has 172 valence electrons. The number of hydrogen-bond donors (Lipinski definition) is 1.